The molecule has 1 N–H and O–H groups in total. The molecule has 4 heteroatoms. The van der Waals surface area contributed by atoms with E-state index in [9.17, 15) is 9.18 Å². The van der Waals surface area contributed by atoms with Gasteiger partial charge in [0.25, 0.3) is 5.91 Å². The zero-order chi connectivity index (χ0) is 12.8. The first-order valence-electron chi connectivity index (χ1n) is 5.67. The molecule has 1 aromatic carbocycles. The van der Waals surface area contributed by atoms with E-state index in [-0.39, 0.29) is 11.7 Å². The fourth-order valence-electron chi connectivity index (χ4n) is 1.66. The van der Waals surface area contributed by atoms with Gasteiger partial charge in [-0.3, -0.25) is 4.79 Å². The number of nitrogens with one attached hydrogen (secondary N) is 1. The third-order valence-electron chi connectivity index (χ3n) is 2.39. The summed E-state index contributed by atoms with van der Waals surface area (Å²) < 4.78 is 12.7. The second-order valence-electron chi connectivity index (χ2n) is 4.58. The van der Waals surface area contributed by atoms with Crippen molar-refractivity contribution in [2.24, 2.45) is 5.92 Å². The van der Waals surface area contributed by atoms with E-state index in [1.54, 1.807) is 0 Å². The maximum absolute atomic E-state index is 12.7. The van der Waals surface area contributed by atoms with E-state index in [1.165, 1.54) is 24.3 Å². The lowest BCUT2D eigenvalue weighted by Gasteiger charge is -2.17. The fourth-order valence-corrected chi connectivity index (χ4v) is 1.66. The lowest BCUT2D eigenvalue weighted by molar-refractivity contribution is 0.0946. The van der Waals surface area contributed by atoms with Gasteiger partial charge in [-0.25, -0.2) is 4.39 Å². The molecule has 0 spiro atoms. The molecular formula is C13H19FN2O. The van der Waals surface area contributed by atoms with Crippen LogP contribution in [0.1, 0.15) is 17.3 Å². The molecule has 0 fully saturated rings. The van der Waals surface area contributed by atoms with Crippen molar-refractivity contribution in [3.8, 4) is 0 Å². The van der Waals surface area contributed by atoms with Crippen LogP contribution in [0.2, 0.25) is 0 Å². The highest BCUT2D eigenvalue weighted by Crippen LogP contribution is 2.03. The summed E-state index contributed by atoms with van der Waals surface area (Å²) in [6, 6.07) is 5.55. The topological polar surface area (TPSA) is 32.3 Å². The Morgan fingerprint density at radius 3 is 2.47 bits per heavy atom. The van der Waals surface area contributed by atoms with Gasteiger partial charge in [-0.15, -0.1) is 0 Å². The quantitative estimate of drug-likeness (QED) is 0.847. The first-order valence-corrected chi connectivity index (χ1v) is 5.67. The minimum Gasteiger partial charge on any atom is -0.352 e. The molecule has 17 heavy (non-hydrogen) atoms. The monoisotopic (exact) mass is 238 g/mol. The van der Waals surface area contributed by atoms with Crippen molar-refractivity contribution in [2.75, 3.05) is 27.2 Å². The van der Waals surface area contributed by atoms with Gasteiger partial charge in [-0.05, 0) is 44.3 Å². The van der Waals surface area contributed by atoms with Crippen LogP contribution in [0.5, 0.6) is 0 Å². The Kier molecular flexibility index (Phi) is 5.10. The number of amides is 1. The number of nitrogens with zero attached hydrogens (tertiary/aromatic N) is 1. The Morgan fingerprint density at radius 1 is 1.35 bits per heavy atom. The maximum Gasteiger partial charge on any atom is 0.251 e. The van der Waals surface area contributed by atoms with E-state index >= 15 is 0 Å². The number of hydrogen-bond acceptors (Lipinski definition) is 2. The number of rotatable bonds is 5. The van der Waals surface area contributed by atoms with Gasteiger partial charge in [0, 0.05) is 18.7 Å². The molecule has 0 bridgehead atoms. The third kappa shape index (κ3) is 4.95. The maximum atomic E-state index is 12.7. The summed E-state index contributed by atoms with van der Waals surface area (Å²) >= 11 is 0. The van der Waals surface area contributed by atoms with Crippen LogP contribution in [0, 0.1) is 11.7 Å². The Balaban J connectivity index is 2.42. The number of benzene rings is 1. The number of carbonyl (C=O) groups excluding carboxylic acids is 1. The van der Waals surface area contributed by atoms with E-state index in [2.05, 4.69) is 17.1 Å². The van der Waals surface area contributed by atoms with Crippen LogP contribution in [-0.4, -0.2) is 38.0 Å². The molecule has 0 radical (unpaired) electrons. The highest BCUT2D eigenvalue weighted by atomic mass is 19.1. The van der Waals surface area contributed by atoms with E-state index < -0.39 is 0 Å². The van der Waals surface area contributed by atoms with Crippen molar-refractivity contribution in [1.29, 1.82) is 0 Å². The van der Waals surface area contributed by atoms with Crippen LogP contribution in [0.4, 0.5) is 4.39 Å². The van der Waals surface area contributed by atoms with Crippen LogP contribution in [0.15, 0.2) is 24.3 Å². The van der Waals surface area contributed by atoms with Crippen LogP contribution < -0.4 is 5.32 Å². The zero-order valence-corrected chi connectivity index (χ0v) is 10.5. The standard InChI is InChI=1S/C13H19FN2O/c1-10(9-16(2)3)8-15-13(17)11-4-6-12(14)7-5-11/h4-7,10H,8-9H2,1-3H3,(H,15,17)/t10-/m1/s1. The Bertz CT molecular complexity index is 362. The SMILES string of the molecule is C[C@H](CNC(=O)c1ccc(F)cc1)CN(C)C. The van der Waals surface area contributed by atoms with Gasteiger partial charge < -0.3 is 10.2 Å². The molecule has 0 aliphatic heterocycles. The molecule has 0 heterocycles. The van der Waals surface area contributed by atoms with Crippen molar-refractivity contribution in [1.82, 2.24) is 10.2 Å². The molecule has 0 saturated heterocycles. The summed E-state index contributed by atoms with van der Waals surface area (Å²) in [5, 5.41) is 2.84. The molecule has 0 aliphatic rings. The second-order valence-corrected chi connectivity index (χ2v) is 4.58. The van der Waals surface area contributed by atoms with Crippen molar-refractivity contribution in [3.63, 3.8) is 0 Å². The van der Waals surface area contributed by atoms with Crippen LogP contribution >= 0.6 is 0 Å². The number of carbonyl (C=O) groups is 1. The lowest BCUT2D eigenvalue weighted by atomic mass is 10.1. The van der Waals surface area contributed by atoms with Crippen molar-refractivity contribution in [3.05, 3.63) is 35.6 Å². The van der Waals surface area contributed by atoms with Crippen LogP contribution in [0.3, 0.4) is 0 Å². The smallest absolute Gasteiger partial charge is 0.251 e. The Hall–Kier alpha value is -1.42. The van der Waals surface area contributed by atoms with Gasteiger partial charge in [0.05, 0.1) is 0 Å². The van der Waals surface area contributed by atoms with E-state index in [0.29, 0.717) is 18.0 Å². The number of halogens is 1. The second kappa shape index (κ2) is 6.35. The molecule has 1 amide bonds. The molecule has 94 valence electrons. The molecule has 1 aromatic rings. The minimum atomic E-state index is -0.331. The molecule has 0 aromatic heterocycles. The highest BCUT2D eigenvalue weighted by Gasteiger charge is 2.08. The van der Waals surface area contributed by atoms with Gasteiger partial charge >= 0.3 is 0 Å². The van der Waals surface area contributed by atoms with Gasteiger partial charge in [0.15, 0.2) is 0 Å². The summed E-state index contributed by atoms with van der Waals surface area (Å²) in [5.74, 6) is -0.104. The predicted molar refractivity (Wildman–Crippen MR) is 66.5 cm³/mol. The predicted octanol–water partition coefficient (Wildman–Crippen LogP) is 1.75. The summed E-state index contributed by atoms with van der Waals surface area (Å²) in [4.78, 5) is 13.8. The van der Waals surface area contributed by atoms with Crippen molar-refractivity contribution >= 4 is 5.91 Å². The van der Waals surface area contributed by atoms with Crippen molar-refractivity contribution in [2.45, 2.75) is 6.92 Å². The van der Waals surface area contributed by atoms with Crippen LogP contribution in [0.25, 0.3) is 0 Å². The molecule has 0 saturated carbocycles. The fraction of sp³-hybridized carbons (Fsp3) is 0.462. The first kappa shape index (κ1) is 13.6. The number of hydrogen-bond donors (Lipinski definition) is 1. The molecular weight excluding hydrogens is 219 g/mol. The summed E-state index contributed by atoms with van der Waals surface area (Å²) in [5.41, 5.74) is 0.489. The molecule has 1 atom stereocenters. The third-order valence-corrected chi connectivity index (χ3v) is 2.39. The van der Waals surface area contributed by atoms with Gasteiger partial charge in [-0.2, -0.15) is 0 Å². The van der Waals surface area contributed by atoms with E-state index in [1.807, 2.05) is 14.1 Å². The van der Waals surface area contributed by atoms with Crippen LogP contribution in [-0.2, 0) is 0 Å². The Labute approximate surface area is 102 Å². The lowest BCUT2D eigenvalue weighted by Crippen LogP contribution is -2.32. The highest BCUT2D eigenvalue weighted by molar-refractivity contribution is 5.94. The van der Waals surface area contributed by atoms with E-state index in [0.717, 1.165) is 6.54 Å². The normalized spacial score (nSPS) is 12.5. The van der Waals surface area contributed by atoms with E-state index in [4.69, 9.17) is 0 Å². The largest absolute Gasteiger partial charge is 0.352 e. The summed E-state index contributed by atoms with van der Waals surface area (Å²) in [6.07, 6.45) is 0. The van der Waals surface area contributed by atoms with Gasteiger partial charge in [0.2, 0.25) is 0 Å². The molecule has 0 unspecified atom stereocenters. The Morgan fingerprint density at radius 2 is 1.94 bits per heavy atom. The average Bonchev–Trinajstić information content (AvgIpc) is 2.26. The molecule has 3 nitrogen and oxygen atoms in total. The molecule has 0 aliphatic carbocycles. The zero-order valence-electron chi connectivity index (χ0n) is 10.5. The summed E-state index contributed by atoms with van der Waals surface area (Å²) in [7, 11) is 4.00. The molecule has 1 rings (SSSR count). The first-order chi connectivity index (χ1) is 7.99. The summed E-state index contributed by atoms with van der Waals surface area (Å²) in [6.45, 7) is 3.61. The average molecular weight is 238 g/mol. The minimum absolute atomic E-state index is 0.157. The van der Waals surface area contributed by atoms with Crippen molar-refractivity contribution < 1.29 is 9.18 Å². The van der Waals surface area contributed by atoms with Gasteiger partial charge in [0.1, 0.15) is 5.82 Å². The van der Waals surface area contributed by atoms with Gasteiger partial charge in [-0.1, -0.05) is 6.92 Å².